The van der Waals surface area contributed by atoms with Gasteiger partial charge in [-0.25, -0.2) is 0 Å². The fourth-order valence-corrected chi connectivity index (χ4v) is 3.43. The maximum absolute atomic E-state index is 2.35. The van der Waals surface area contributed by atoms with E-state index in [2.05, 4.69) is 32.5 Å². The van der Waals surface area contributed by atoms with Gasteiger partial charge < -0.3 is 0 Å². The highest BCUT2D eigenvalue weighted by Crippen LogP contribution is 2.52. The second-order valence-corrected chi connectivity index (χ2v) is 6.05. The Morgan fingerprint density at radius 3 is 2.42 bits per heavy atom. The first kappa shape index (κ1) is 10.4. The highest BCUT2D eigenvalue weighted by molar-refractivity contribution is 8.00. The Hall–Kier alpha value is 0.350. The highest BCUT2D eigenvalue weighted by Gasteiger charge is 2.42. The molecule has 0 aromatic carbocycles. The molecule has 1 fully saturated rings. The van der Waals surface area contributed by atoms with Crippen molar-refractivity contribution in [1.29, 1.82) is 0 Å². The first-order valence-electron chi connectivity index (χ1n) is 5.32. The molecule has 1 aliphatic carbocycles. The van der Waals surface area contributed by atoms with Crippen molar-refractivity contribution in [2.24, 2.45) is 5.92 Å². The molecule has 1 heteroatoms. The van der Waals surface area contributed by atoms with Gasteiger partial charge in [-0.3, -0.25) is 0 Å². The van der Waals surface area contributed by atoms with E-state index in [4.69, 9.17) is 0 Å². The molecule has 0 atom stereocenters. The predicted molar refractivity (Wildman–Crippen MR) is 58.8 cm³/mol. The number of unbranched alkanes of at least 4 members (excludes halogenated alkanes) is 1. The topological polar surface area (TPSA) is 0 Å². The van der Waals surface area contributed by atoms with E-state index in [0.717, 1.165) is 10.7 Å². The quantitative estimate of drug-likeness (QED) is 0.563. The van der Waals surface area contributed by atoms with Crippen LogP contribution in [0.3, 0.4) is 0 Å². The molecule has 1 aliphatic rings. The Kier molecular flexibility index (Phi) is 3.95. The standard InChI is InChI=1S/C11H22S/c1-4-5-8-12-11(6-7-11)9-10(2)3/h10H,4-9H2,1-3H3. The van der Waals surface area contributed by atoms with Gasteiger partial charge >= 0.3 is 0 Å². The zero-order chi connectivity index (χ0) is 9.03. The van der Waals surface area contributed by atoms with Gasteiger partial charge in [0.15, 0.2) is 0 Å². The molecule has 72 valence electrons. The third kappa shape index (κ3) is 3.38. The Morgan fingerprint density at radius 1 is 1.33 bits per heavy atom. The summed E-state index contributed by atoms with van der Waals surface area (Å²) in [6, 6.07) is 0. The molecule has 0 aromatic rings. The summed E-state index contributed by atoms with van der Waals surface area (Å²) in [4.78, 5) is 0. The summed E-state index contributed by atoms with van der Waals surface area (Å²) in [7, 11) is 0. The van der Waals surface area contributed by atoms with Crippen molar-refractivity contribution in [1.82, 2.24) is 0 Å². The summed E-state index contributed by atoms with van der Waals surface area (Å²) < 4.78 is 0.739. The molecule has 1 saturated carbocycles. The second kappa shape index (κ2) is 4.55. The van der Waals surface area contributed by atoms with Gasteiger partial charge in [0.2, 0.25) is 0 Å². The predicted octanol–water partition coefficient (Wildman–Crippen LogP) is 4.10. The molecular formula is C11H22S. The molecule has 0 nitrogen and oxygen atoms in total. The molecule has 0 heterocycles. The Morgan fingerprint density at radius 2 is 2.00 bits per heavy atom. The molecule has 0 N–H and O–H groups in total. The van der Waals surface area contributed by atoms with Crippen LogP contribution >= 0.6 is 11.8 Å². The lowest BCUT2D eigenvalue weighted by Crippen LogP contribution is -2.07. The van der Waals surface area contributed by atoms with Crippen LogP contribution in [0.25, 0.3) is 0 Å². The van der Waals surface area contributed by atoms with Crippen molar-refractivity contribution in [3.63, 3.8) is 0 Å². The lowest BCUT2D eigenvalue weighted by Gasteiger charge is -2.16. The summed E-state index contributed by atoms with van der Waals surface area (Å²) in [5.74, 6) is 2.28. The van der Waals surface area contributed by atoms with Gasteiger partial charge in [0, 0.05) is 4.75 Å². The van der Waals surface area contributed by atoms with Gasteiger partial charge in [0.25, 0.3) is 0 Å². The second-order valence-electron chi connectivity index (χ2n) is 4.48. The first-order chi connectivity index (χ1) is 5.68. The SMILES string of the molecule is CCCCSC1(CC(C)C)CC1. The summed E-state index contributed by atoms with van der Waals surface area (Å²) in [6.07, 6.45) is 7.18. The summed E-state index contributed by atoms with van der Waals surface area (Å²) in [5, 5.41) is 0. The lowest BCUT2D eigenvalue weighted by molar-refractivity contribution is 0.563. The summed E-state index contributed by atoms with van der Waals surface area (Å²) >= 11 is 2.24. The van der Waals surface area contributed by atoms with Crippen molar-refractivity contribution in [3.8, 4) is 0 Å². The Bertz CT molecular complexity index is 125. The number of rotatable bonds is 6. The number of hydrogen-bond acceptors (Lipinski definition) is 1. The van der Waals surface area contributed by atoms with E-state index in [-0.39, 0.29) is 0 Å². The van der Waals surface area contributed by atoms with E-state index in [1.54, 1.807) is 0 Å². The van der Waals surface area contributed by atoms with Crippen molar-refractivity contribution in [2.45, 2.75) is 57.6 Å². The number of hydrogen-bond donors (Lipinski definition) is 0. The summed E-state index contributed by atoms with van der Waals surface area (Å²) in [5.41, 5.74) is 0. The van der Waals surface area contributed by atoms with Crippen LogP contribution < -0.4 is 0 Å². The monoisotopic (exact) mass is 186 g/mol. The maximum atomic E-state index is 2.35. The zero-order valence-corrected chi connectivity index (χ0v) is 9.54. The number of thioether (sulfide) groups is 1. The molecular weight excluding hydrogens is 164 g/mol. The largest absolute Gasteiger partial charge is 0.155 e. The van der Waals surface area contributed by atoms with E-state index in [9.17, 15) is 0 Å². The first-order valence-corrected chi connectivity index (χ1v) is 6.31. The lowest BCUT2D eigenvalue weighted by atomic mass is 10.1. The van der Waals surface area contributed by atoms with Crippen LogP contribution in [-0.2, 0) is 0 Å². The van der Waals surface area contributed by atoms with Crippen molar-refractivity contribution in [3.05, 3.63) is 0 Å². The molecule has 0 spiro atoms. The average Bonchev–Trinajstić information content (AvgIpc) is 2.69. The molecule has 0 aromatic heterocycles. The van der Waals surface area contributed by atoms with Crippen LogP contribution in [0.5, 0.6) is 0 Å². The third-order valence-corrected chi connectivity index (χ3v) is 4.17. The molecule has 0 aliphatic heterocycles. The smallest absolute Gasteiger partial charge is 0.0163 e. The van der Waals surface area contributed by atoms with Crippen LogP contribution in [0.2, 0.25) is 0 Å². The van der Waals surface area contributed by atoms with Gasteiger partial charge in [-0.1, -0.05) is 27.2 Å². The normalized spacial score (nSPS) is 20.0. The maximum Gasteiger partial charge on any atom is 0.0163 e. The average molecular weight is 186 g/mol. The van der Waals surface area contributed by atoms with E-state index >= 15 is 0 Å². The van der Waals surface area contributed by atoms with Crippen LogP contribution in [0, 0.1) is 5.92 Å². The van der Waals surface area contributed by atoms with Gasteiger partial charge in [0.05, 0.1) is 0 Å². The van der Waals surface area contributed by atoms with Crippen LogP contribution in [0.15, 0.2) is 0 Å². The molecule has 1 rings (SSSR count). The van der Waals surface area contributed by atoms with Crippen molar-refractivity contribution < 1.29 is 0 Å². The van der Waals surface area contributed by atoms with Crippen LogP contribution in [0.1, 0.15) is 52.9 Å². The van der Waals surface area contributed by atoms with Gasteiger partial charge in [0.1, 0.15) is 0 Å². The molecule has 0 unspecified atom stereocenters. The van der Waals surface area contributed by atoms with Crippen LogP contribution in [0.4, 0.5) is 0 Å². The molecule has 12 heavy (non-hydrogen) atoms. The van der Waals surface area contributed by atoms with Gasteiger partial charge in [-0.2, -0.15) is 11.8 Å². The highest BCUT2D eigenvalue weighted by atomic mass is 32.2. The van der Waals surface area contributed by atoms with Crippen molar-refractivity contribution in [2.75, 3.05) is 5.75 Å². The third-order valence-electron chi connectivity index (χ3n) is 2.49. The van der Waals surface area contributed by atoms with Crippen molar-refractivity contribution >= 4 is 11.8 Å². The van der Waals surface area contributed by atoms with Gasteiger partial charge in [-0.05, 0) is 37.4 Å². The van der Waals surface area contributed by atoms with E-state index < -0.39 is 0 Å². The zero-order valence-electron chi connectivity index (χ0n) is 8.73. The fraction of sp³-hybridized carbons (Fsp3) is 1.00. The van der Waals surface area contributed by atoms with Crippen LogP contribution in [-0.4, -0.2) is 10.5 Å². The van der Waals surface area contributed by atoms with Gasteiger partial charge in [-0.15, -0.1) is 0 Å². The minimum absolute atomic E-state index is 0.739. The molecule has 0 radical (unpaired) electrons. The Labute approximate surface area is 81.5 Å². The van der Waals surface area contributed by atoms with E-state index in [0.29, 0.717) is 0 Å². The minimum atomic E-state index is 0.739. The Balaban J connectivity index is 2.12. The minimum Gasteiger partial charge on any atom is -0.155 e. The molecule has 0 bridgehead atoms. The molecule has 0 saturated heterocycles. The molecule has 0 amide bonds. The summed E-state index contributed by atoms with van der Waals surface area (Å²) in [6.45, 7) is 6.98. The fourth-order valence-electron chi connectivity index (χ4n) is 1.72. The van der Waals surface area contributed by atoms with E-state index in [1.165, 1.54) is 37.9 Å². The van der Waals surface area contributed by atoms with E-state index in [1.807, 2.05) is 0 Å².